The van der Waals surface area contributed by atoms with Gasteiger partial charge in [0.2, 0.25) is 11.8 Å². The lowest BCUT2D eigenvalue weighted by molar-refractivity contribution is 0.508. The van der Waals surface area contributed by atoms with Gasteiger partial charge in [-0.05, 0) is 31.0 Å². The first-order valence-corrected chi connectivity index (χ1v) is 4.73. The standard InChI is InChI=1S/C11H9N2O/c1-2-4-8(5-3-1)10-12-13-11(14-10)9-6-7-9/h1-2,4-5,9H,6-7H2. The predicted octanol–water partition coefficient (Wildman–Crippen LogP) is 2.41. The number of benzene rings is 1. The Hall–Kier alpha value is -1.64. The quantitative estimate of drug-likeness (QED) is 0.721. The van der Waals surface area contributed by atoms with Crippen molar-refractivity contribution in [1.29, 1.82) is 0 Å². The third-order valence-corrected chi connectivity index (χ3v) is 2.32. The summed E-state index contributed by atoms with van der Waals surface area (Å²) in [5, 5.41) is 8.04. The fourth-order valence-electron chi connectivity index (χ4n) is 1.37. The van der Waals surface area contributed by atoms with Crippen molar-refractivity contribution in [1.82, 2.24) is 10.2 Å². The van der Waals surface area contributed by atoms with Crippen LogP contribution in [0.1, 0.15) is 24.7 Å². The minimum atomic E-state index is 0.518. The van der Waals surface area contributed by atoms with Crippen LogP contribution in [0.25, 0.3) is 11.5 Å². The molecule has 0 saturated heterocycles. The average molecular weight is 185 g/mol. The van der Waals surface area contributed by atoms with Crippen molar-refractivity contribution in [2.24, 2.45) is 0 Å². The summed E-state index contributed by atoms with van der Waals surface area (Å²) in [5.41, 5.74) is 0.937. The zero-order valence-electron chi connectivity index (χ0n) is 7.60. The summed E-state index contributed by atoms with van der Waals surface area (Å²) < 4.78 is 5.55. The van der Waals surface area contributed by atoms with Gasteiger partial charge in [0.05, 0.1) is 0 Å². The van der Waals surface area contributed by atoms with Gasteiger partial charge in [0.15, 0.2) is 0 Å². The van der Waals surface area contributed by atoms with E-state index in [2.05, 4.69) is 16.3 Å². The fraction of sp³-hybridized carbons (Fsp3) is 0.273. The molecule has 1 aromatic heterocycles. The maximum Gasteiger partial charge on any atom is 0.247 e. The summed E-state index contributed by atoms with van der Waals surface area (Å²) in [6.45, 7) is 0. The van der Waals surface area contributed by atoms with Gasteiger partial charge in [-0.25, -0.2) is 0 Å². The van der Waals surface area contributed by atoms with Crippen LogP contribution in [0.15, 0.2) is 28.7 Å². The topological polar surface area (TPSA) is 38.9 Å². The molecule has 1 saturated carbocycles. The monoisotopic (exact) mass is 185 g/mol. The van der Waals surface area contributed by atoms with E-state index >= 15 is 0 Å². The zero-order valence-corrected chi connectivity index (χ0v) is 7.60. The van der Waals surface area contributed by atoms with E-state index in [0.717, 1.165) is 11.5 Å². The Bertz CT molecular complexity index is 432. The van der Waals surface area contributed by atoms with Crippen LogP contribution in [0.3, 0.4) is 0 Å². The van der Waals surface area contributed by atoms with Gasteiger partial charge in [-0.15, -0.1) is 10.2 Å². The fourth-order valence-corrected chi connectivity index (χ4v) is 1.37. The normalized spacial score (nSPS) is 15.7. The van der Waals surface area contributed by atoms with Crippen LogP contribution < -0.4 is 0 Å². The minimum absolute atomic E-state index is 0.518. The molecule has 0 atom stereocenters. The Morgan fingerprint density at radius 2 is 2.29 bits per heavy atom. The van der Waals surface area contributed by atoms with E-state index < -0.39 is 0 Å². The SMILES string of the molecule is [c]1cccc(-c2nnc(C3CC3)o2)c1. The summed E-state index contributed by atoms with van der Waals surface area (Å²) >= 11 is 0. The van der Waals surface area contributed by atoms with Crippen molar-refractivity contribution in [3.05, 3.63) is 36.2 Å². The van der Waals surface area contributed by atoms with E-state index in [4.69, 9.17) is 4.42 Å². The van der Waals surface area contributed by atoms with Gasteiger partial charge in [-0.3, -0.25) is 0 Å². The molecule has 69 valence electrons. The van der Waals surface area contributed by atoms with Crippen molar-refractivity contribution in [3.63, 3.8) is 0 Å². The Balaban J connectivity index is 1.96. The van der Waals surface area contributed by atoms with E-state index in [1.807, 2.05) is 24.3 Å². The van der Waals surface area contributed by atoms with Crippen LogP contribution in [0.2, 0.25) is 0 Å². The molecule has 14 heavy (non-hydrogen) atoms. The van der Waals surface area contributed by atoms with Gasteiger partial charge in [0, 0.05) is 11.5 Å². The maximum atomic E-state index is 5.55. The van der Waals surface area contributed by atoms with E-state index in [-0.39, 0.29) is 0 Å². The van der Waals surface area contributed by atoms with E-state index in [1.165, 1.54) is 12.8 Å². The van der Waals surface area contributed by atoms with Crippen molar-refractivity contribution in [3.8, 4) is 11.5 Å². The third kappa shape index (κ3) is 1.31. The summed E-state index contributed by atoms with van der Waals surface area (Å²) in [6.07, 6.45) is 2.37. The van der Waals surface area contributed by atoms with Gasteiger partial charge < -0.3 is 4.42 Å². The van der Waals surface area contributed by atoms with Gasteiger partial charge in [0.1, 0.15) is 0 Å². The van der Waals surface area contributed by atoms with E-state index in [0.29, 0.717) is 11.8 Å². The molecule has 1 aromatic carbocycles. The highest BCUT2D eigenvalue weighted by Gasteiger charge is 2.29. The number of rotatable bonds is 2. The second-order valence-corrected chi connectivity index (χ2v) is 3.51. The maximum absolute atomic E-state index is 5.55. The lowest BCUT2D eigenvalue weighted by Crippen LogP contribution is -1.76. The van der Waals surface area contributed by atoms with Crippen LogP contribution in [0.5, 0.6) is 0 Å². The number of aromatic nitrogens is 2. The molecular weight excluding hydrogens is 176 g/mol. The highest BCUT2D eigenvalue weighted by atomic mass is 16.4. The summed E-state index contributed by atoms with van der Waals surface area (Å²) in [7, 11) is 0. The van der Waals surface area contributed by atoms with Crippen LogP contribution >= 0.6 is 0 Å². The molecule has 1 aliphatic carbocycles. The Morgan fingerprint density at radius 3 is 3.00 bits per heavy atom. The lowest BCUT2D eigenvalue weighted by atomic mass is 10.2. The molecule has 1 heterocycles. The molecule has 3 rings (SSSR count). The van der Waals surface area contributed by atoms with Crippen LogP contribution in [-0.4, -0.2) is 10.2 Å². The Kier molecular flexibility index (Phi) is 1.63. The third-order valence-electron chi connectivity index (χ3n) is 2.32. The number of nitrogens with zero attached hydrogens (tertiary/aromatic N) is 2. The molecule has 0 spiro atoms. The summed E-state index contributed by atoms with van der Waals surface area (Å²) in [6, 6.07) is 10.5. The number of hydrogen-bond donors (Lipinski definition) is 0. The molecule has 1 fully saturated rings. The van der Waals surface area contributed by atoms with Crippen LogP contribution in [0, 0.1) is 6.07 Å². The van der Waals surface area contributed by atoms with Crippen LogP contribution in [-0.2, 0) is 0 Å². The molecule has 0 amide bonds. The van der Waals surface area contributed by atoms with Gasteiger partial charge in [-0.1, -0.05) is 12.1 Å². The first-order chi connectivity index (χ1) is 6.93. The van der Waals surface area contributed by atoms with Crippen molar-refractivity contribution in [2.45, 2.75) is 18.8 Å². The van der Waals surface area contributed by atoms with Crippen LogP contribution in [0.4, 0.5) is 0 Å². The largest absolute Gasteiger partial charge is 0.420 e. The van der Waals surface area contributed by atoms with E-state index in [9.17, 15) is 0 Å². The zero-order chi connectivity index (χ0) is 9.38. The lowest BCUT2D eigenvalue weighted by Gasteiger charge is -1.91. The molecule has 1 aliphatic rings. The minimum Gasteiger partial charge on any atom is -0.420 e. The van der Waals surface area contributed by atoms with Crippen molar-refractivity contribution >= 4 is 0 Å². The molecule has 0 N–H and O–H groups in total. The second-order valence-electron chi connectivity index (χ2n) is 3.51. The number of hydrogen-bond acceptors (Lipinski definition) is 3. The first-order valence-electron chi connectivity index (χ1n) is 4.73. The molecule has 0 bridgehead atoms. The smallest absolute Gasteiger partial charge is 0.247 e. The molecule has 0 unspecified atom stereocenters. The molecular formula is C11H9N2O. The molecule has 0 aliphatic heterocycles. The predicted molar refractivity (Wildman–Crippen MR) is 50.5 cm³/mol. The van der Waals surface area contributed by atoms with Crippen molar-refractivity contribution in [2.75, 3.05) is 0 Å². The Labute approximate surface area is 81.8 Å². The molecule has 3 nitrogen and oxygen atoms in total. The van der Waals surface area contributed by atoms with Gasteiger partial charge in [0.25, 0.3) is 0 Å². The summed E-state index contributed by atoms with van der Waals surface area (Å²) in [5.74, 6) is 1.90. The average Bonchev–Trinajstić information content (AvgIpc) is 2.98. The Morgan fingerprint density at radius 1 is 1.36 bits per heavy atom. The van der Waals surface area contributed by atoms with E-state index in [1.54, 1.807) is 0 Å². The van der Waals surface area contributed by atoms with Crippen molar-refractivity contribution < 1.29 is 4.42 Å². The second kappa shape index (κ2) is 2.94. The molecule has 1 radical (unpaired) electrons. The molecule has 3 heteroatoms. The van der Waals surface area contributed by atoms with Gasteiger partial charge in [-0.2, -0.15) is 0 Å². The first kappa shape index (κ1) is 7.74. The molecule has 2 aromatic rings. The summed E-state index contributed by atoms with van der Waals surface area (Å²) in [4.78, 5) is 0. The highest BCUT2D eigenvalue weighted by Crippen LogP contribution is 2.39. The van der Waals surface area contributed by atoms with Gasteiger partial charge >= 0.3 is 0 Å². The highest BCUT2D eigenvalue weighted by molar-refractivity contribution is 5.51.